The molecule has 2 rings (SSSR count). The Morgan fingerprint density at radius 2 is 2.25 bits per heavy atom. The van der Waals surface area contributed by atoms with Crippen LogP contribution in [0.15, 0.2) is 33.7 Å². The Labute approximate surface area is 94.1 Å². The fraction of sp³-hybridized carbons (Fsp3) is 0.250. The van der Waals surface area contributed by atoms with Crippen LogP contribution in [0, 0.1) is 6.92 Å². The van der Waals surface area contributed by atoms with Gasteiger partial charge in [0.2, 0.25) is 0 Å². The first-order valence-electron chi connectivity index (χ1n) is 5.26. The van der Waals surface area contributed by atoms with Crippen molar-refractivity contribution in [1.29, 1.82) is 0 Å². The van der Waals surface area contributed by atoms with E-state index in [1.165, 1.54) is 5.56 Å². The van der Waals surface area contributed by atoms with Gasteiger partial charge in [-0.3, -0.25) is 4.99 Å². The normalized spacial score (nSPS) is 12.1. The number of benzene rings is 1. The first-order valence-corrected chi connectivity index (χ1v) is 5.26. The molecule has 16 heavy (non-hydrogen) atoms. The molecule has 0 radical (unpaired) electrons. The minimum Gasteiger partial charge on any atom is -0.453 e. The third kappa shape index (κ3) is 1.92. The van der Waals surface area contributed by atoms with Gasteiger partial charge in [-0.15, -0.1) is 0 Å². The van der Waals surface area contributed by atoms with Crippen LogP contribution in [0.5, 0.6) is 0 Å². The second-order valence-corrected chi connectivity index (χ2v) is 3.62. The van der Waals surface area contributed by atoms with Crippen LogP contribution in [0.3, 0.4) is 0 Å². The quantitative estimate of drug-likeness (QED) is 0.350. The van der Waals surface area contributed by atoms with Crippen molar-refractivity contribution in [2.45, 2.75) is 13.8 Å². The second kappa shape index (κ2) is 4.37. The molecular weight excluding hydrogens is 202 g/mol. The van der Waals surface area contributed by atoms with Crippen LogP contribution in [-0.2, 0) is 0 Å². The lowest BCUT2D eigenvalue weighted by Gasteiger charge is -1.99. The lowest BCUT2D eigenvalue weighted by molar-refractivity contribution is 0.599. The largest absolute Gasteiger partial charge is 0.453 e. The van der Waals surface area contributed by atoms with E-state index in [1.54, 1.807) is 0 Å². The maximum atomic E-state index is 5.66. The van der Waals surface area contributed by atoms with Crippen molar-refractivity contribution in [3.8, 4) is 0 Å². The van der Waals surface area contributed by atoms with Crippen molar-refractivity contribution in [3.63, 3.8) is 0 Å². The van der Waals surface area contributed by atoms with Crippen LogP contribution in [0.4, 0.5) is 0 Å². The smallest absolute Gasteiger partial charge is 0.179 e. The highest BCUT2D eigenvalue weighted by Crippen LogP contribution is 2.20. The van der Waals surface area contributed by atoms with Gasteiger partial charge in [0.25, 0.3) is 0 Å². The molecule has 0 amide bonds. The summed E-state index contributed by atoms with van der Waals surface area (Å²) in [6.45, 7) is 4.66. The summed E-state index contributed by atoms with van der Waals surface area (Å²) in [4.78, 5) is 4.22. The number of rotatable bonds is 2. The fourth-order valence-electron chi connectivity index (χ4n) is 1.63. The van der Waals surface area contributed by atoms with E-state index >= 15 is 0 Å². The number of aliphatic imine (C=N–C) groups is 1. The molecule has 0 aliphatic heterocycles. The van der Waals surface area contributed by atoms with Crippen molar-refractivity contribution in [3.05, 3.63) is 35.6 Å². The number of nitrogens with zero attached hydrogens (tertiary/aromatic N) is 1. The number of hydrazine groups is 1. The molecule has 0 aliphatic carbocycles. The summed E-state index contributed by atoms with van der Waals surface area (Å²) in [7, 11) is 0. The van der Waals surface area contributed by atoms with Gasteiger partial charge in [0.15, 0.2) is 11.6 Å². The highest BCUT2D eigenvalue weighted by molar-refractivity contribution is 5.99. The third-order valence-corrected chi connectivity index (χ3v) is 2.36. The lowest BCUT2D eigenvalue weighted by Crippen LogP contribution is -2.30. The zero-order valence-corrected chi connectivity index (χ0v) is 9.45. The Morgan fingerprint density at radius 3 is 2.94 bits per heavy atom. The Kier molecular flexibility index (Phi) is 2.92. The molecule has 0 bridgehead atoms. The number of fused-ring (bicyclic) bond motifs is 1. The molecule has 0 unspecified atom stereocenters. The molecule has 1 aromatic heterocycles. The summed E-state index contributed by atoms with van der Waals surface area (Å²) < 4.78 is 5.66. The van der Waals surface area contributed by atoms with Crippen molar-refractivity contribution < 1.29 is 4.42 Å². The highest BCUT2D eigenvalue weighted by atomic mass is 16.3. The van der Waals surface area contributed by atoms with E-state index in [0.29, 0.717) is 18.1 Å². The molecule has 0 saturated heterocycles. The molecule has 1 aromatic carbocycles. The van der Waals surface area contributed by atoms with Gasteiger partial charge in [-0.25, -0.2) is 5.84 Å². The molecule has 0 aliphatic rings. The van der Waals surface area contributed by atoms with Gasteiger partial charge in [-0.2, -0.15) is 0 Å². The maximum absolute atomic E-state index is 5.66. The van der Waals surface area contributed by atoms with Gasteiger partial charge in [-0.1, -0.05) is 11.6 Å². The number of hydrogen-bond donors (Lipinski definition) is 2. The average molecular weight is 217 g/mol. The third-order valence-electron chi connectivity index (χ3n) is 2.36. The Bertz CT molecular complexity index is 528. The molecule has 1 heterocycles. The SMILES string of the molecule is CCN=C(NN)c1cc2cc(C)ccc2o1. The van der Waals surface area contributed by atoms with E-state index in [0.717, 1.165) is 11.0 Å². The van der Waals surface area contributed by atoms with Crippen LogP contribution in [0.1, 0.15) is 18.2 Å². The Morgan fingerprint density at radius 1 is 1.44 bits per heavy atom. The summed E-state index contributed by atoms with van der Waals surface area (Å²) in [6, 6.07) is 7.98. The van der Waals surface area contributed by atoms with Gasteiger partial charge in [0.05, 0.1) is 0 Å². The molecule has 3 N–H and O–H groups in total. The molecular formula is C12H15N3O. The Balaban J connectivity index is 2.50. The van der Waals surface area contributed by atoms with E-state index in [4.69, 9.17) is 10.3 Å². The molecule has 0 atom stereocenters. The van der Waals surface area contributed by atoms with Gasteiger partial charge in [0.1, 0.15) is 5.58 Å². The predicted octanol–water partition coefficient (Wildman–Crippen LogP) is 1.97. The van der Waals surface area contributed by atoms with Gasteiger partial charge < -0.3 is 9.84 Å². The van der Waals surface area contributed by atoms with Gasteiger partial charge in [0, 0.05) is 11.9 Å². The first kappa shape index (κ1) is 10.7. The summed E-state index contributed by atoms with van der Waals surface area (Å²) in [5, 5.41) is 1.06. The van der Waals surface area contributed by atoms with Crippen LogP contribution in [-0.4, -0.2) is 12.4 Å². The molecule has 0 spiro atoms. The summed E-state index contributed by atoms with van der Waals surface area (Å²) >= 11 is 0. The second-order valence-electron chi connectivity index (χ2n) is 3.62. The minimum absolute atomic E-state index is 0.580. The summed E-state index contributed by atoms with van der Waals surface area (Å²) in [5.74, 6) is 6.65. The first-order chi connectivity index (χ1) is 7.74. The highest BCUT2D eigenvalue weighted by Gasteiger charge is 2.08. The van der Waals surface area contributed by atoms with E-state index in [2.05, 4.69) is 16.5 Å². The molecule has 2 aromatic rings. The van der Waals surface area contributed by atoms with E-state index in [9.17, 15) is 0 Å². The van der Waals surface area contributed by atoms with E-state index in [1.807, 2.05) is 32.0 Å². The number of hydrogen-bond acceptors (Lipinski definition) is 3. The lowest BCUT2D eigenvalue weighted by atomic mass is 10.2. The molecule has 0 saturated carbocycles. The van der Waals surface area contributed by atoms with Crippen LogP contribution >= 0.6 is 0 Å². The van der Waals surface area contributed by atoms with Gasteiger partial charge >= 0.3 is 0 Å². The fourth-order valence-corrected chi connectivity index (χ4v) is 1.63. The monoisotopic (exact) mass is 217 g/mol. The number of aryl methyl sites for hydroxylation is 1. The zero-order valence-electron chi connectivity index (χ0n) is 9.45. The number of amidine groups is 1. The molecule has 84 valence electrons. The molecule has 4 heteroatoms. The number of nitrogens with one attached hydrogen (secondary N) is 1. The minimum atomic E-state index is 0.580. The maximum Gasteiger partial charge on any atom is 0.179 e. The molecule has 4 nitrogen and oxygen atoms in total. The summed E-state index contributed by atoms with van der Waals surface area (Å²) in [5.41, 5.74) is 4.60. The standard InChI is InChI=1S/C12H15N3O/c1-3-14-12(15-13)11-7-9-6-8(2)4-5-10(9)16-11/h4-7H,3,13H2,1-2H3,(H,14,15). The number of furan rings is 1. The van der Waals surface area contributed by atoms with Crippen molar-refractivity contribution >= 4 is 16.8 Å². The van der Waals surface area contributed by atoms with Gasteiger partial charge in [-0.05, 0) is 32.0 Å². The van der Waals surface area contributed by atoms with Crippen molar-refractivity contribution in [1.82, 2.24) is 5.43 Å². The molecule has 0 fully saturated rings. The van der Waals surface area contributed by atoms with Crippen LogP contribution in [0.25, 0.3) is 11.0 Å². The summed E-state index contributed by atoms with van der Waals surface area (Å²) in [6.07, 6.45) is 0. The van der Waals surface area contributed by atoms with Crippen molar-refractivity contribution in [2.24, 2.45) is 10.8 Å². The van der Waals surface area contributed by atoms with E-state index < -0.39 is 0 Å². The zero-order chi connectivity index (χ0) is 11.5. The number of nitrogens with two attached hydrogens (primary N) is 1. The van der Waals surface area contributed by atoms with E-state index in [-0.39, 0.29) is 0 Å². The van der Waals surface area contributed by atoms with Crippen LogP contribution < -0.4 is 11.3 Å². The average Bonchev–Trinajstić information content (AvgIpc) is 2.68. The Hall–Kier alpha value is -1.81. The van der Waals surface area contributed by atoms with Crippen molar-refractivity contribution in [2.75, 3.05) is 6.54 Å². The predicted molar refractivity (Wildman–Crippen MR) is 65.4 cm³/mol. The van der Waals surface area contributed by atoms with Crippen LogP contribution in [0.2, 0.25) is 0 Å². The topological polar surface area (TPSA) is 63.5 Å².